The molecule has 0 aromatic heterocycles. The predicted octanol–water partition coefficient (Wildman–Crippen LogP) is 9.80. The van der Waals surface area contributed by atoms with Gasteiger partial charge in [0.05, 0.1) is 59.3 Å². The Balaban J connectivity index is 0.000000230. The smallest absolute Gasteiger partial charge is 0.407 e. The molecule has 0 aliphatic carbocycles. The van der Waals surface area contributed by atoms with E-state index in [1.165, 1.54) is 32.9 Å². The highest BCUT2D eigenvalue weighted by Crippen LogP contribution is 2.39. The summed E-state index contributed by atoms with van der Waals surface area (Å²) >= 11 is 0. The van der Waals surface area contributed by atoms with Crippen molar-refractivity contribution in [3.8, 4) is 46.6 Å². The zero-order valence-corrected chi connectivity index (χ0v) is 55.8. The van der Waals surface area contributed by atoms with Crippen LogP contribution in [-0.4, -0.2) is 131 Å². The summed E-state index contributed by atoms with van der Waals surface area (Å²) in [6, 6.07) is 46.0. The van der Waals surface area contributed by atoms with Crippen molar-refractivity contribution in [3.63, 3.8) is 0 Å². The number of carbonyl (C=O) groups is 1. The molecular weight excluding hydrogens is 1260 g/mol. The van der Waals surface area contributed by atoms with Gasteiger partial charge in [-0.25, -0.2) is 21.6 Å². The summed E-state index contributed by atoms with van der Waals surface area (Å²) in [7, 11) is -8.22. The lowest BCUT2D eigenvalue weighted by molar-refractivity contribution is -0.0907. The molecule has 2 saturated heterocycles. The molecule has 0 spiro atoms. The quantitative estimate of drug-likeness (QED) is 0.0286. The number of alkyl carbamates (subject to hydrolysis) is 1. The van der Waals surface area contributed by atoms with Gasteiger partial charge in [0, 0.05) is 57.2 Å². The van der Waals surface area contributed by atoms with Crippen molar-refractivity contribution in [2.24, 2.45) is 22.5 Å². The Labute approximate surface area is 557 Å². The summed E-state index contributed by atoms with van der Waals surface area (Å²) in [6.07, 6.45) is 0.227. The van der Waals surface area contributed by atoms with Crippen molar-refractivity contribution in [1.29, 1.82) is 10.5 Å². The van der Waals surface area contributed by atoms with Crippen LogP contribution in [0.5, 0.6) is 34.5 Å². The van der Waals surface area contributed by atoms with Crippen molar-refractivity contribution in [2.45, 2.75) is 145 Å². The van der Waals surface area contributed by atoms with Gasteiger partial charge in [0.2, 0.25) is 33.6 Å². The Bertz CT molecular complexity index is 3780. The molecule has 0 radical (unpaired) electrons. The number of hydrogen-bond acceptors (Lipinski definition) is 19. The molecule has 24 heteroatoms. The second-order valence-electron chi connectivity index (χ2n) is 25.7. The minimum Gasteiger partial charge on any atom is -0.489 e. The number of nitrogens with one attached hydrogen (secondary N) is 1. The first kappa shape index (κ1) is 71.3. The molecule has 0 saturated carbocycles. The molecule has 508 valence electrons. The molecule has 5 N–H and O–H groups in total. The van der Waals surface area contributed by atoms with Crippen LogP contribution >= 0.6 is 0 Å². The lowest BCUT2D eigenvalue weighted by Gasteiger charge is -2.35. The van der Waals surface area contributed by atoms with Crippen LogP contribution < -0.4 is 39.5 Å². The fourth-order valence-electron chi connectivity index (χ4n) is 11.7. The van der Waals surface area contributed by atoms with E-state index < -0.39 is 73.7 Å². The van der Waals surface area contributed by atoms with Gasteiger partial charge in [-0.2, -0.15) is 19.1 Å². The maximum atomic E-state index is 14.3. The standard InChI is InChI=1S/C39H47N3O10S.C32H39N3O6S/c1-39(2,17-6-7-18-40)25-42(53(45,46)30-14-15-34-35(21-30)51-26-50-34)22-33(43)32(41-38(44)52-36-24-49-37-31(36)16-19-47-37)20-27-10-12-29(13-11-27)48-23-28-8-4-3-5-9-28;1-32(2,16-6-7-17-33)22-35(42(37,38)27-14-15-30-31(19-27)41-23-40-30)20-29(36)28(34)18-24-10-12-26(13-11-24)39-21-25-8-4-3-5-9-25/h3-5,8-15,21,31-33,36-37,43H,6-7,16-17,19-20,22-26H2,1-2H3,(H,41,44);3-5,8-15,19,28-29,36H,6-7,16,18,20-23,34H2,1-2H3/t31-,32-,33+,36-,37+;28-,29+/m00/s1. The zero-order chi connectivity index (χ0) is 67.6. The third kappa shape index (κ3) is 20.3. The molecule has 4 aliphatic rings. The summed E-state index contributed by atoms with van der Waals surface area (Å²) in [5.74, 6) is 2.87. The maximum absolute atomic E-state index is 14.3. The zero-order valence-electron chi connectivity index (χ0n) is 54.1. The second-order valence-corrected chi connectivity index (χ2v) is 29.6. The van der Waals surface area contributed by atoms with Crippen molar-refractivity contribution in [2.75, 3.05) is 53.0 Å². The number of nitriles is 2. The number of carbonyl (C=O) groups excluding carboxylic acids is 1. The third-order valence-corrected chi connectivity index (χ3v) is 20.6. The Hall–Kier alpha value is -8.01. The van der Waals surface area contributed by atoms with Crippen molar-refractivity contribution >= 4 is 26.1 Å². The number of benzene rings is 6. The first-order valence-electron chi connectivity index (χ1n) is 31.9. The van der Waals surface area contributed by atoms with E-state index in [0.717, 1.165) is 28.0 Å². The number of sulfonamides is 2. The van der Waals surface area contributed by atoms with Gasteiger partial charge in [-0.1, -0.05) is 113 Å². The Morgan fingerprint density at radius 2 is 1.08 bits per heavy atom. The Morgan fingerprint density at radius 3 is 1.57 bits per heavy atom. The molecular formula is C71H86N6O16S2. The highest BCUT2D eigenvalue weighted by atomic mass is 32.2. The molecule has 1 amide bonds. The van der Waals surface area contributed by atoms with Gasteiger partial charge in [-0.05, 0) is 127 Å². The fourth-order valence-corrected chi connectivity index (χ4v) is 15.0. The maximum Gasteiger partial charge on any atom is 0.407 e. The van der Waals surface area contributed by atoms with Crippen molar-refractivity contribution in [3.05, 3.63) is 168 Å². The normalized spacial score (nSPS) is 17.7. The number of nitrogens with zero attached hydrogens (tertiary/aromatic N) is 4. The van der Waals surface area contributed by atoms with Gasteiger partial charge in [0.15, 0.2) is 29.3 Å². The molecule has 0 unspecified atom stereocenters. The van der Waals surface area contributed by atoms with Crippen LogP contribution in [0.4, 0.5) is 4.79 Å². The predicted molar refractivity (Wildman–Crippen MR) is 352 cm³/mol. The lowest BCUT2D eigenvalue weighted by Crippen LogP contribution is -2.52. The minimum atomic E-state index is -4.20. The van der Waals surface area contributed by atoms with Crippen LogP contribution in [0.25, 0.3) is 0 Å². The summed E-state index contributed by atoms with van der Waals surface area (Å²) < 4.78 is 109. The van der Waals surface area contributed by atoms with E-state index in [-0.39, 0.29) is 68.5 Å². The average Bonchev–Trinajstić information content (AvgIpc) is 1.42. The Kier molecular flexibility index (Phi) is 24.8. The van der Waals surface area contributed by atoms with Gasteiger partial charge in [0.1, 0.15) is 30.8 Å². The number of aliphatic hydroxyl groups excluding tert-OH is 2. The van der Waals surface area contributed by atoms with Gasteiger partial charge in [-0.15, -0.1) is 0 Å². The topological polar surface area (TPSA) is 301 Å². The second kappa shape index (κ2) is 33.1. The molecule has 4 aliphatic heterocycles. The van der Waals surface area contributed by atoms with Gasteiger partial charge in [0.25, 0.3) is 0 Å². The van der Waals surface area contributed by atoms with E-state index in [2.05, 4.69) is 17.5 Å². The molecule has 10 rings (SSSR count). The molecule has 6 aromatic rings. The number of unbranched alkanes of at least 4 members (excludes halogenated alkanes) is 2. The first-order chi connectivity index (χ1) is 45.6. The molecule has 7 atom stereocenters. The van der Waals surface area contributed by atoms with Gasteiger partial charge in [-0.3, -0.25) is 0 Å². The molecule has 6 aromatic carbocycles. The van der Waals surface area contributed by atoms with Crippen LogP contribution in [0.2, 0.25) is 0 Å². The average molecular weight is 1340 g/mol. The number of fused-ring (bicyclic) bond motifs is 3. The Morgan fingerprint density at radius 1 is 0.621 bits per heavy atom. The summed E-state index contributed by atoms with van der Waals surface area (Å²) in [5.41, 5.74) is 9.18. The molecule has 2 fully saturated rings. The van der Waals surface area contributed by atoms with Crippen LogP contribution in [0.3, 0.4) is 0 Å². The lowest BCUT2D eigenvalue weighted by atomic mass is 9.87. The van der Waals surface area contributed by atoms with Crippen LogP contribution in [-0.2, 0) is 60.3 Å². The fraction of sp³-hybridized carbons (Fsp3) is 0.451. The van der Waals surface area contributed by atoms with Crippen LogP contribution in [0.15, 0.2) is 155 Å². The van der Waals surface area contributed by atoms with Crippen molar-refractivity contribution < 1.29 is 74.5 Å². The number of aliphatic hydroxyl groups is 2. The van der Waals surface area contributed by atoms with E-state index in [4.69, 9.17) is 58.9 Å². The molecule has 22 nitrogen and oxygen atoms in total. The summed E-state index contributed by atoms with van der Waals surface area (Å²) in [5, 5.41) is 44.0. The van der Waals surface area contributed by atoms with E-state index in [0.29, 0.717) is 99.9 Å². The van der Waals surface area contributed by atoms with Gasteiger partial charge >= 0.3 is 6.09 Å². The molecule has 4 heterocycles. The highest BCUT2D eigenvalue weighted by Gasteiger charge is 2.45. The number of hydrogen-bond donors (Lipinski definition) is 4. The van der Waals surface area contributed by atoms with Crippen molar-refractivity contribution in [1.82, 2.24) is 13.9 Å². The number of amides is 1. The number of nitrogens with two attached hydrogens (primary N) is 1. The minimum absolute atomic E-state index is 0.0157. The largest absolute Gasteiger partial charge is 0.489 e. The summed E-state index contributed by atoms with van der Waals surface area (Å²) in [6.45, 7) is 9.02. The van der Waals surface area contributed by atoms with E-state index in [1.54, 1.807) is 12.1 Å². The third-order valence-electron chi connectivity index (χ3n) is 17.0. The molecule has 95 heavy (non-hydrogen) atoms. The van der Waals surface area contributed by atoms with E-state index >= 15 is 0 Å². The number of rotatable bonds is 32. The number of ether oxygens (including phenoxy) is 9. The first-order valence-corrected chi connectivity index (χ1v) is 34.8. The van der Waals surface area contributed by atoms with E-state index in [1.807, 2.05) is 137 Å². The van der Waals surface area contributed by atoms with E-state index in [9.17, 15) is 31.8 Å². The van der Waals surface area contributed by atoms with Crippen LogP contribution in [0.1, 0.15) is 94.9 Å². The van der Waals surface area contributed by atoms with Crippen LogP contribution in [0, 0.1) is 39.4 Å². The highest BCUT2D eigenvalue weighted by molar-refractivity contribution is 7.89. The molecule has 0 bridgehead atoms. The van der Waals surface area contributed by atoms with Gasteiger partial charge < -0.3 is 63.9 Å². The SMILES string of the molecule is CC(C)(CCCC#N)CN(C[C@@H](O)[C@@H](N)Cc1ccc(OCc2ccccc2)cc1)S(=O)(=O)c1ccc2c(c1)OCO2.CC(C)(CCCC#N)CN(C[C@@H](O)[C@H](Cc1ccc(OCc2ccccc2)cc1)NC(=O)O[C@H]1CO[C@H]2OCC[C@H]21)S(=O)(=O)c1ccc2c(c1)OCO2. The monoisotopic (exact) mass is 1340 g/mol. The summed E-state index contributed by atoms with van der Waals surface area (Å²) in [4.78, 5) is 13.4.